The summed E-state index contributed by atoms with van der Waals surface area (Å²) in [6.07, 6.45) is 7.30. The van der Waals surface area contributed by atoms with Crippen molar-refractivity contribution in [3.63, 3.8) is 0 Å². The van der Waals surface area contributed by atoms with Crippen LogP contribution in [0, 0.1) is 5.92 Å². The molecule has 2 heteroatoms. The first kappa shape index (κ1) is 9.45. The number of halogens is 1. The zero-order chi connectivity index (χ0) is 9.47. The Hall–Kier alpha value is -0.110. The maximum atomic E-state index is 11.8. The van der Waals surface area contributed by atoms with Crippen molar-refractivity contribution in [2.24, 2.45) is 5.92 Å². The zero-order valence-corrected chi connectivity index (χ0v) is 9.56. The fourth-order valence-corrected chi connectivity index (χ4v) is 3.26. The Bertz CT molecular complexity index is 269. The molecule has 0 unspecified atom stereocenters. The molecule has 72 valence electrons. The molecule has 2 rings (SSSR count). The molecule has 0 bridgehead atoms. The number of fused-ring (bicyclic) bond motifs is 1. The highest BCUT2D eigenvalue weighted by Gasteiger charge is 2.45. The van der Waals surface area contributed by atoms with Crippen molar-refractivity contribution < 1.29 is 4.79 Å². The molecule has 0 radical (unpaired) electrons. The molecule has 1 nitrogen and oxygen atoms in total. The second-order valence-electron chi connectivity index (χ2n) is 4.33. The maximum absolute atomic E-state index is 11.8. The summed E-state index contributed by atoms with van der Waals surface area (Å²) in [5.74, 6) is 0.978. The van der Waals surface area contributed by atoms with E-state index in [1.165, 1.54) is 12.0 Å². The number of alkyl halides is 1. The topological polar surface area (TPSA) is 17.1 Å². The second kappa shape index (κ2) is 3.23. The van der Waals surface area contributed by atoms with Crippen LogP contribution in [0.5, 0.6) is 0 Å². The Morgan fingerprint density at radius 2 is 2.38 bits per heavy atom. The number of allylic oxidation sites excluding steroid dienone is 2. The van der Waals surface area contributed by atoms with Gasteiger partial charge in [-0.25, -0.2) is 0 Å². The average molecular weight is 243 g/mol. The minimum absolute atomic E-state index is 0.190. The van der Waals surface area contributed by atoms with Crippen LogP contribution in [0.4, 0.5) is 0 Å². The molecule has 0 aromatic heterocycles. The lowest BCUT2D eigenvalue weighted by atomic mass is 9.70. The van der Waals surface area contributed by atoms with Crippen molar-refractivity contribution in [2.45, 2.75) is 43.4 Å². The monoisotopic (exact) mass is 242 g/mol. The van der Waals surface area contributed by atoms with Crippen molar-refractivity contribution in [3.05, 3.63) is 11.6 Å². The molecule has 0 amide bonds. The van der Waals surface area contributed by atoms with Gasteiger partial charge in [-0.15, -0.1) is 0 Å². The summed E-state index contributed by atoms with van der Waals surface area (Å²) < 4.78 is -0.190. The molecule has 0 heterocycles. The van der Waals surface area contributed by atoms with Gasteiger partial charge in [0.15, 0.2) is 0 Å². The van der Waals surface area contributed by atoms with Gasteiger partial charge in [0.25, 0.3) is 0 Å². The molecule has 2 aliphatic rings. The van der Waals surface area contributed by atoms with Gasteiger partial charge in [0.05, 0.1) is 4.32 Å². The highest BCUT2D eigenvalue weighted by Crippen LogP contribution is 2.46. The van der Waals surface area contributed by atoms with Crippen LogP contribution in [-0.4, -0.2) is 10.1 Å². The molecule has 2 aliphatic carbocycles. The molecule has 13 heavy (non-hydrogen) atoms. The Kier molecular flexibility index (Phi) is 2.35. The van der Waals surface area contributed by atoms with E-state index in [0.717, 1.165) is 25.7 Å². The van der Waals surface area contributed by atoms with Crippen molar-refractivity contribution in [1.82, 2.24) is 0 Å². The van der Waals surface area contributed by atoms with E-state index in [-0.39, 0.29) is 4.32 Å². The van der Waals surface area contributed by atoms with Crippen LogP contribution in [0.25, 0.3) is 0 Å². The molecule has 0 aliphatic heterocycles. The Morgan fingerprint density at radius 1 is 1.62 bits per heavy atom. The van der Waals surface area contributed by atoms with E-state index in [4.69, 9.17) is 0 Å². The lowest BCUT2D eigenvalue weighted by Crippen LogP contribution is -2.44. The van der Waals surface area contributed by atoms with Crippen LogP contribution in [0.15, 0.2) is 11.6 Å². The van der Waals surface area contributed by atoms with E-state index in [1.54, 1.807) is 0 Å². The standard InChI is InChI=1S/C11H15BrO/c1-8-5-6-11(12)9(7-8)3-2-4-10(11)13/h5,9H,2-4,6-7H2,1H3/t9-,11-/m1/s1. The van der Waals surface area contributed by atoms with E-state index in [0.29, 0.717) is 11.7 Å². The Morgan fingerprint density at radius 3 is 3.15 bits per heavy atom. The van der Waals surface area contributed by atoms with Gasteiger partial charge in [-0.2, -0.15) is 0 Å². The summed E-state index contributed by atoms with van der Waals surface area (Å²) in [4.78, 5) is 11.8. The minimum atomic E-state index is -0.190. The number of hydrogen-bond donors (Lipinski definition) is 0. The summed E-state index contributed by atoms with van der Waals surface area (Å²) in [5.41, 5.74) is 1.45. The maximum Gasteiger partial charge on any atom is 0.150 e. The van der Waals surface area contributed by atoms with Gasteiger partial charge in [-0.05, 0) is 38.5 Å². The van der Waals surface area contributed by atoms with E-state index >= 15 is 0 Å². The van der Waals surface area contributed by atoms with Gasteiger partial charge in [0.1, 0.15) is 5.78 Å². The van der Waals surface area contributed by atoms with E-state index < -0.39 is 0 Å². The quantitative estimate of drug-likeness (QED) is 0.471. The van der Waals surface area contributed by atoms with Gasteiger partial charge >= 0.3 is 0 Å². The number of Topliss-reactive ketones (excluding diaryl/α,β-unsaturated/α-hetero) is 1. The van der Waals surface area contributed by atoms with Gasteiger partial charge in [-0.1, -0.05) is 27.6 Å². The number of carbonyl (C=O) groups is 1. The van der Waals surface area contributed by atoms with Gasteiger partial charge in [0, 0.05) is 6.42 Å². The van der Waals surface area contributed by atoms with Crippen LogP contribution in [0.2, 0.25) is 0 Å². The third kappa shape index (κ3) is 1.50. The van der Waals surface area contributed by atoms with E-state index in [9.17, 15) is 4.79 Å². The normalized spacial score (nSPS) is 39.7. The van der Waals surface area contributed by atoms with Crippen LogP contribution >= 0.6 is 15.9 Å². The molecule has 2 atom stereocenters. The zero-order valence-electron chi connectivity index (χ0n) is 7.98. The number of ketones is 1. The second-order valence-corrected chi connectivity index (χ2v) is 5.75. The van der Waals surface area contributed by atoms with Crippen molar-refractivity contribution >= 4 is 21.7 Å². The SMILES string of the molecule is CC1=CC[C@]2(Br)C(=O)CCC[C@@H]2C1. The third-order valence-electron chi connectivity index (χ3n) is 3.38. The summed E-state index contributed by atoms with van der Waals surface area (Å²) in [5, 5.41) is 0. The first-order valence-electron chi connectivity index (χ1n) is 5.01. The highest BCUT2D eigenvalue weighted by molar-refractivity contribution is 9.10. The molecule has 0 aromatic rings. The fourth-order valence-electron chi connectivity index (χ4n) is 2.51. The summed E-state index contributed by atoms with van der Waals surface area (Å²) in [6, 6.07) is 0. The molecule has 0 saturated heterocycles. The lowest BCUT2D eigenvalue weighted by molar-refractivity contribution is -0.124. The van der Waals surface area contributed by atoms with Crippen LogP contribution in [0.1, 0.15) is 39.0 Å². The largest absolute Gasteiger partial charge is 0.298 e. The number of carbonyl (C=O) groups excluding carboxylic acids is 1. The minimum Gasteiger partial charge on any atom is -0.298 e. The van der Waals surface area contributed by atoms with Crippen molar-refractivity contribution in [1.29, 1.82) is 0 Å². The molecular formula is C11H15BrO. The van der Waals surface area contributed by atoms with Gasteiger partial charge in [0.2, 0.25) is 0 Å². The first-order valence-corrected chi connectivity index (χ1v) is 5.80. The van der Waals surface area contributed by atoms with Crippen molar-refractivity contribution in [2.75, 3.05) is 0 Å². The predicted octanol–water partition coefficient (Wildman–Crippen LogP) is 3.23. The van der Waals surface area contributed by atoms with Crippen LogP contribution < -0.4 is 0 Å². The molecule has 1 fully saturated rings. The number of rotatable bonds is 0. The average Bonchev–Trinajstić information content (AvgIpc) is 2.09. The molecule has 0 N–H and O–H groups in total. The summed E-state index contributed by atoms with van der Waals surface area (Å²) >= 11 is 3.67. The molecular weight excluding hydrogens is 228 g/mol. The van der Waals surface area contributed by atoms with E-state index in [1.807, 2.05) is 0 Å². The smallest absolute Gasteiger partial charge is 0.150 e. The lowest BCUT2D eigenvalue weighted by Gasteiger charge is -2.40. The van der Waals surface area contributed by atoms with Crippen LogP contribution in [0.3, 0.4) is 0 Å². The number of hydrogen-bond acceptors (Lipinski definition) is 1. The first-order chi connectivity index (χ1) is 6.13. The molecule has 0 spiro atoms. The molecule has 1 saturated carbocycles. The summed E-state index contributed by atoms with van der Waals surface area (Å²) in [7, 11) is 0. The van der Waals surface area contributed by atoms with Crippen molar-refractivity contribution in [3.8, 4) is 0 Å². The highest BCUT2D eigenvalue weighted by atomic mass is 79.9. The van der Waals surface area contributed by atoms with E-state index in [2.05, 4.69) is 28.9 Å². The van der Waals surface area contributed by atoms with Gasteiger partial charge < -0.3 is 0 Å². The fraction of sp³-hybridized carbons (Fsp3) is 0.727. The Balaban J connectivity index is 2.28. The third-order valence-corrected chi connectivity index (χ3v) is 4.80. The Labute approximate surface area is 87.7 Å². The predicted molar refractivity (Wildman–Crippen MR) is 57.0 cm³/mol. The van der Waals surface area contributed by atoms with Gasteiger partial charge in [-0.3, -0.25) is 4.79 Å². The summed E-state index contributed by atoms with van der Waals surface area (Å²) in [6.45, 7) is 2.17. The molecule has 0 aromatic carbocycles. The van der Waals surface area contributed by atoms with Crippen LogP contribution in [-0.2, 0) is 4.79 Å².